The molecule has 1 amide bonds. The van der Waals surface area contributed by atoms with Crippen molar-refractivity contribution >= 4 is 23.1 Å². The van der Waals surface area contributed by atoms with E-state index < -0.39 is 5.54 Å². The van der Waals surface area contributed by atoms with E-state index in [-0.39, 0.29) is 11.4 Å². The van der Waals surface area contributed by atoms with Crippen molar-refractivity contribution in [1.82, 2.24) is 9.88 Å². The van der Waals surface area contributed by atoms with Gasteiger partial charge >= 0.3 is 0 Å². The number of para-hydroxylation sites is 2. The smallest absolute Gasteiger partial charge is 0.272 e. The number of fused-ring (bicyclic) bond motifs is 1. The second-order valence-corrected chi connectivity index (χ2v) is 8.55. The highest BCUT2D eigenvalue weighted by atomic mass is 16.2. The lowest BCUT2D eigenvalue weighted by molar-refractivity contribution is 0.0688. The number of benzene rings is 1. The van der Waals surface area contributed by atoms with Gasteiger partial charge in [0.1, 0.15) is 17.1 Å². The molecular formula is C22H27N5O. The molecule has 6 nitrogen and oxygen atoms in total. The molecule has 1 fully saturated rings. The SMILES string of the molecule is CC(C)(C)N=C1Nc2ccccc2NC12CCCN(C(=O)c1ccccn1)C2. The van der Waals surface area contributed by atoms with Gasteiger partial charge in [-0.25, -0.2) is 0 Å². The number of piperidine rings is 1. The summed E-state index contributed by atoms with van der Waals surface area (Å²) in [4.78, 5) is 24.2. The molecular weight excluding hydrogens is 350 g/mol. The van der Waals surface area contributed by atoms with Gasteiger partial charge in [-0.2, -0.15) is 0 Å². The first-order chi connectivity index (χ1) is 13.4. The normalized spacial score (nSPS) is 23.1. The number of carbonyl (C=O) groups excluding carboxylic acids is 1. The van der Waals surface area contributed by atoms with Crippen molar-refractivity contribution in [2.24, 2.45) is 4.99 Å². The zero-order valence-electron chi connectivity index (χ0n) is 16.7. The van der Waals surface area contributed by atoms with Crippen LogP contribution in [0.15, 0.2) is 53.7 Å². The fourth-order valence-electron chi connectivity index (χ4n) is 3.91. The minimum Gasteiger partial charge on any atom is -0.370 e. The number of nitrogens with zero attached hydrogens (tertiary/aromatic N) is 3. The Morgan fingerprint density at radius 1 is 1.14 bits per heavy atom. The van der Waals surface area contributed by atoms with Crippen molar-refractivity contribution in [3.8, 4) is 0 Å². The van der Waals surface area contributed by atoms with Crippen LogP contribution < -0.4 is 10.6 Å². The molecule has 1 aromatic heterocycles. The van der Waals surface area contributed by atoms with Gasteiger partial charge in [0.05, 0.1) is 23.5 Å². The van der Waals surface area contributed by atoms with Gasteiger partial charge in [-0.1, -0.05) is 18.2 Å². The first-order valence-electron chi connectivity index (χ1n) is 9.81. The van der Waals surface area contributed by atoms with Crippen molar-refractivity contribution in [3.63, 3.8) is 0 Å². The molecule has 0 bridgehead atoms. The van der Waals surface area contributed by atoms with Gasteiger partial charge in [-0.3, -0.25) is 14.8 Å². The van der Waals surface area contributed by atoms with Crippen molar-refractivity contribution in [1.29, 1.82) is 0 Å². The van der Waals surface area contributed by atoms with E-state index in [4.69, 9.17) is 4.99 Å². The van der Waals surface area contributed by atoms with Crippen LogP contribution in [0.5, 0.6) is 0 Å². The first kappa shape index (κ1) is 18.5. The molecule has 0 aliphatic carbocycles. The quantitative estimate of drug-likeness (QED) is 0.793. The first-order valence-corrected chi connectivity index (χ1v) is 9.81. The highest BCUT2D eigenvalue weighted by Gasteiger charge is 2.45. The van der Waals surface area contributed by atoms with Crippen LogP contribution >= 0.6 is 0 Å². The van der Waals surface area contributed by atoms with Crippen LogP contribution in [-0.2, 0) is 0 Å². The molecule has 1 aromatic carbocycles. The molecule has 0 radical (unpaired) electrons. The number of pyridine rings is 1. The summed E-state index contributed by atoms with van der Waals surface area (Å²) in [6.45, 7) is 7.56. The van der Waals surface area contributed by atoms with Crippen LogP contribution in [0.2, 0.25) is 0 Å². The third kappa shape index (κ3) is 3.59. The number of likely N-dealkylation sites (tertiary alicyclic amines) is 1. The van der Waals surface area contributed by atoms with Crippen molar-refractivity contribution in [3.05, 3.63) is 54.4 Å². The second kappa shape index (κ2) is 6.93. The Bertz CT molecular complexity index is 903. The Morgan fingerprint density at radius 2 is 1.89 bits per heavy atom. The number of anilines is 2. The molecule has 2 aliphatic heterocycles. The maximum Gasteiger partial charge on any atom is 0.272 e. The number of aromatic nitrogens is 1. The standard InChI is InChI=1S/C22H27N5O/c1-21(2,3)26-20-22(25-17-10-5-4-9-16(17)24-20)12-8-14-27(15-22)19(28)18-11-6-7-13-23-18/h4-7,9-11,13,25H,8,12,14-15H2,1-3H3,(H,24,26). The van der Waals surface area contributed by atoms with Crippen LogP contribution in [0.3, 0.4) is 0 Å². The zero-order chi connectivity index (χ0) is 19.8. The molecule has 1 atom stereocenters. The number of hydrogen-bond donors (Lipinski definition) is 2. The number of aliphatic imine (C=N–C) groups is 1. The number of carbonyl (C=O) groups is 1. The molecule has 146 valence electrons. The van der Waals surface area contributed by atoms with E-state index >= 15 is 0 Å². The maximum absolute atomic E-state index is 13.0. The van der Waals surface area contributed by atoms with Gasteiger partial charge in [-0.15, -0.1) is 0 Å². The fourth-order valence-corrected chi connectivity index (χ4v) is 3.91. The predicted octanol–water partition coefficient (Wildman–Crippen LogP) is 3.79. The number of hydrogen-bond acceptors (Lipinski definition) is 4. The molecule has 2 aliphatic rings. The maximum atomic E-state index is 13.0. The fraction of sp³-hybridized carbons (Fsp3) is 0.409. The highest BCUT2D eigenvalue weighted by molar-refractivity contribution is 6.10. The zero-order valence-corrected chi connectivity index (χ0v) is 16.7. The molecule has 3 heterocycles. The third-order valence-corrected chi connectivity index (χ3v) is 5.12. The molecule has 1 saturated heterocycles. The van der Waals surface area contributed by atoms with Crippen molar-refractivity contribution in [2.45, 2.75) is 44.7 Å². The summed E-state index contributed by atoms with van der Waals surface area (Å²) in [5.74, 6) is 0.868. The summed E-state index contributed by atoms with van der Waals surface area (Å²) in [6, 6.07) is 13.6. The van der Waals surface area contributed by atoms with E-state index in [1.165, 1.54) is 0 Å². The molecule has 4 rings (SSSR count). The van der Waals surface area contributed by atoms with Gasteiger partial charge < -0.3 is 15.5 Å². The Kier molecular flexibility index (Phi) is 4.57. The van der Waals surface area contributed by atoms with E-state index in [9.17, 15) is 4.79 Å². The highest BCUT2D eigenvalue weighted by Crippen LogP contribution is 2.37. The summed E-state index contributed by atoms with van der Waals surface area (Å²) in [7, 11) is 0. The average Bonchev–Trinajstić information content (AvgIpc) is 2.68. The van der Waals surface area contributed by atoms with Gasteiger partial charge in [0.15, 0.2) is 0 Å². The Morgan fingerprint density at radius 3 is 2.61 bits per heavy atom. The van der Waals surface area contributed by atoms with Crippen LogP contribution in [0.25, 0.3) is 0 Å². The molecule has 6 heteroatoms. The van der Waals surface area contributed by atoms with Crippen LogP contribution in [0.4, 0.5) is 11.4 Å². The summed E-state index contributed by atoms with van der Waals surface area (Å²) < 4.78 is 0. The molecule has 1 spiro atoms. The molecule has 2 aromatic rings. The molecule has 0 saturated carbocycles. The summed E-state index contributed by atoms with van der Waals surface area (Å²) >= 11 is 0. The van der Waals surface area contributed by atoms with E-state index in [1.807, 2.05) is 35.2 Å². The summed E-state index contributed by atoms with van der Waals surface area (Å²) in [5, 5.41) is 7.26. The minimum atomic E-state index is -0.426. The summed E-state index contributed by atoms with van der Waals surface area (Å²) in [6.07, 6.45) is 3.48. The number of amidine groups is 1. The minimum absolute atomic E-state index is 0.0320. The van der Waals surface area contributed by atoms with E-state index in [2.05, 4.69) is 42.5 Å². The average molecular weight is 377 g/mol. The Labute approximate surface area is 166 Å². The topological polar surface area (TPSA) is 69.6 Å². The van der Waals surface area contributed by atoms with Gasteiger partial charge in [0, 0.05) is 12.7 Å². The van der Waals surface area contributed by atoms with Crippen molar-refractivity contribution < 1.29 is 4.79 Å². The number of amides is 1. The summed E-state index contributed by atoms with van der Waals surface area (Å²) in [5.41, 5.74) is 1.89. The van der Waals surface area contributed by atoms with E-state index in [0.29, 0.717) is 12.2 Å². The molecule has 28 heavy (non-hydrogen) atoms. The Balaban J connectivity index is 1.70. The molecule has 1 unspecified atom stereocenters. The van der Waals surface area contributed by atoms with Crippen LogP contribution in [-0.4, -0.2) is 45.8 Å². The lowest BCUT2D eigenvalue weighted by atomic mass is 9.84. The van der Waals surface area contributed by atoms with E-state index in [0.717, 1.165) is 36.6 Å². The third-order valence-electron chi connectivity index (χ3n) is 5.12. The van der Waals surface area contributed by atoms with Crippen LogP contribution in [0.1, 0.15) is 44.1 Å². The van der Waals surface area contributed by atoms with Gasteiger partial charge in [0.25, 0.3) is 5.91 Å². The lowest BCUT2D eigenvalue weighted by Crippen LogP contribution is -2.63. The van der Waals surface area contributed by atoms with Gasteiger partial charge in [-0.05, 0) is 57.9 Å². The lowest BCUT2D eigenvalue weighted by Gasteiger charge is -2.47. The van der Waals surface area contributed by atoms with Gasteiger partial charge in [0.2, 0.25) is 0 Å². The second-order valence-electron chi connectivity index (χ2n) is 8.55. The van der Waals surface area contributed by atoms with Crippen LogP contribution in [0, 0.1) is 0 Å². The number of rotatable bonds is 1. The van der Waals surface area contributed by atoms with E-state index in [1.54, 1.807) is 12.3 Å². The Hall–Kier alpha value is -2.89. The number of nitrogens with one attached hydrogen (secondary N) is 2. The monoisotopic (exact) mass is 377 g/mol. The largest absolute Gasteiger partial charge is 0.370 e. The van der Waals surface area contributed by atoms with Crippen molar-refractivity contribution in [2.75, 3.05) is 23.7 Å². The molecule has 2 N–H and O–H groups in total. The predicted molar refractivity (Wildman–Crippen MR) is 113 cm³/mol.